The fourth-order valence-corrected chi connectivity index (χ4v) is 3.62. The van der Waals surface area contributed by atoms with Crippen molar-refractivity contribution in [3.05, 3.63) is 59.7 Å². The number of fused-ring (bicyclic) bond motifs is 1. The summed E-state index contributed by atoms with van der Waals surface area (Å²) in [6, 6.07) is 12.8. The quantitative estimate of drug-likeness (QED) is 0.849. The maximum absolute atomic E-state index is 13.1. The smallest absolute Gasteiger partial charge is 0.288 e. The van der Waals surface area contributed by atoms with Crippen LogP contribution in [0.4, 0.5) is 14.5 Å². The normalized spacial score (nSPS) is 16.0. The number of para-hydroxylation sites is 1. The Labute approximate surface area is 148 Å². The molecule has 0 radical (unpaired) electrons. The van der Waals surface area contributed by atoms with Crippen LogP contribution in [0.25, 0.3) is 0 Å². The van der Waals surface area contributed by atoms with Crippen molar-refractivity contribution in [3.63, 3.8) is 0 Å². The summed E-state index contributed by atoms with van der Waals surface area (Å²) in [6.45, 7) is 0. The Bertz CT molecular complexity index is 813. The number of nitrogens with zero attached hydrogens (tertiary/aromatic N) is 1. The van der Waals surface area contributed by atoms with Crippen LogP contribution in [-0.2, 0) is 11.2 Å². The SMILES string of the molecule is CNC(=O)C1Cc2ccccc2N1C(=O)c1ccccc1SC(F)F. The first-order chi connectivity index (χ1) is 12.0. The van der Waals surface area contributed by atoms with Crippen molar-refractivity contribution in [2.24, 2.45) is 0 Å². The Kier molecular flexibility index (Phi) is 5.03. The van der Waals surface area contributed by atoms with Gasteiger partial charge in [0.05, 0.1) is 5.56 Å². The number of halogens is 2. The number of likely N-dealkylation sites (N-methyl/N-ethyl adjacent to an activating group) is 1. The highest BCUT2D eigenvalue weighted by Crippen LogP contribution is 2.36. The third-order valence-corrected chi connectivity index (χ3v) is 4.87. The minimum absolute atomic E-state index is 0.165. The first-order valence-electron chi connectivity index (χ1n) is 7.70. The first kappa shape index (κ1) is 17.4. The summed E-state index contributed by atoms with van der Waals surface area (Å²) in [5, 5.41) is 2.57. The molecule has 0 bridgehead atoms. The van der Waals surface area contributed by atoms with E-state index in [-0.39, 0.29) is 16.4 Å². The predicted octanol–water partition coefficient (Wildman–Crippen LogP) is 3.32. The number of alkyl halides is 2. The van der Waals surface area contributed by atoms with Gasteiger partial charge in [0.25, 0.3) is 11.7 Å². The number of carbonyl (C=O) groups is 2. The lowest BCUT2D eigenvalue weighted by molar-refractivity contribution is -0.121. The molecule has 0 fully saturated rings. The molecule has 3 rings (SSSR count). The number of hydrogen-bond acceptors (Lipinski definition) is 3. The maximum atomic E-state index is 13.1. The van der Waals surface area contributed by atoms with Crippen molar-refractivity contribution >= 4 is 29.3 Å². The van der Waals surface area contributed by atoms with E-state index in [1.165, 1.54) is 24.1 Å². The maximum Gasteiger partial charge on any atom is 0.288 e. The largest absolute Gasteiger partial charge is 0.357 e. The van der Waals surface area contributed by atoms with Gasteiger partial charge >= 0.3 is 0 Å². The Balaban J connectivity index is 2.04. The first-order valence-corrected chi connectivity index (χ1v) is 8.57. The molecule has 1 aliphatic heterocycles. The minimum Gasteiger partial charge on any atom is -0.357 e. The molecule has 0 aliphatic carbocycles. The lowest BCUT2D eigenvalue weighted by atomic mass is 10.1. The number of anilines is 1. The molecule has 0 saturated heterocycles. The van der Waals surface area contributed by atoms with Gasteiger partial charge in [-0.15, -0.1) is 0 Å². The van der Waals surface area contributed by atoms with Gasteiger partial charge in [-0.05, 0) is 23.8 Å². The summed E-state index contributed by atoms with van der Waals surface area (Å²) in [7, 11) is 1.51. The van der Waals surface area contributed by atoms with Gasteiger partial charge in [-0.25, -0.2) is 0 Å². The van der Waals surface area contributed by atoms with Crippen LogP contribution < -0.4 is 10.2 Å². The summed E-state index contributed by atoms with van der Waals surface area (Å²) in [4.78, 5) is 27.0. The molecule has 7 heteroatoms. The molecule has 1 unspecified atom stereocenters. The summed E-state index contributed by atoms with van der Waals surface area (Å²) >= 11 is 0.327. The van der Waals surface area contributed by atoms with Crippen LogP contribution in [0.5, 0.6) is 0 Å². The third kappa shape index (κ3) is 3.37. The molecule has 130 valence electrons. The van der Waals surface area contributed by atoms with Crippen LogP contribution in [0.3, 0.4) is 0 Å². The monoisotopic (exact) mass is 362 g/mol. The Morgan fingerprint density at radius 2 is 1.84 bits per heavy atom. The highest BCUT2D eigenvalue weighted by molar-refractivity contribution is 7.99. The average Bonchev–Trinajstić information content (AvgIpc) is 3.00. The van der Waals surface area contributed by atoms with E-state index in [4.69, 9.17) is 0 Å². The summed E-state index contributed by atoms with van der Waals surface area (Å²) in [5.41, 5.74) is 1.68. The number of carbonyl (C=O) groups excluding carboxylic acids is 2. The van der Waals surface area contributed by atoms with Gasteiger partial charge in [0, 0.05) is 24.1 Å². The van der Waals surface area contributed by atoms with Crippen LogP contribution in [0, 0.1) is 0 Å². The Morgan fingerprint density at radius 3 is 2.56 bits per heavy atom. The fourth-order valence-electron chi connectivity index (χ4n) is 2.99. The minimum atomic E-state index is -2.63. The van der Waals surface area contributed by atoms with Crippen LogP contribution >= 0.6 is 11.8 Å². The van der Waals surface area contributed by atoms with Gasteiger partial charge in [-0.1, -0.05) is 42.1 Å². The lowest BCUT2D eigenvalue weighted by Gasteiger charge is -2.25. The molecule has 1 atom stereocenters. The molecule has 1 N–H and O–H groups in total. The zero-order chi connectivity index (χ0) is 18.0. The van der Waals surface area contributed by atoms with Crippen LogP contribution in [-0.4, -0.2) is 30.7 Å². The van der Waals surface area contributed by atoms with Gasteiger partial charge in [0.15, 0.2) is 0 Å². The van der Waals surface area contributed by atoms with E-state index < -0.39 is 17.7 Å². The second-order valence-electron chi connectivity index (χ2n) is 5.51. The van der Waals surface area contributed by atoms with Gasteiger partial charge in [0.1, 0.15) is 6.04 Å². The van der Waals surface area contributed by atoms with Gasteiger partial charge in [0.2, 0.25) is 5.91 Å². The highest BCUT2D eigenvalue weighted by Gasteiger charge is 2.38. The molecule has 2 aromatic carbocycles. The summed E-state index contributed by atoms with van der Waals surface area (Å²) in [6.07, 6.45) is 0.395. The van der Waals surface area contributed by atoms with E-state index in [1.807, 2.05) is 12.1 Å². The molecule has 4 nitrogen and oxygen atoms in total. The highest BCUT2D eigenvalue weighted by atomic mass is 32.2. The molecule has 1 heterocycles. The van der Waals surface area contributed by atoms with Crippen molar-refractivity contribution < 1.29 is 18.4 Å². The molecule has 2 amide bonds. The molecule has 0 spiro atoms. The molecule has 1 aliphatic rings. The third-order valence-electron chi connectivity index (χ3n) is 4.08. The Morgan fingerprint density at radius 1 is 1.16 bits per heavy atom. The van der Waals surface area contributed by atoms with Gasteiger partial charge in [-0.3, -0.25) is 14.5 Å². The second kappa shape index (κ2) is 7.23. The van der Waals surface area contributed by atoms with Crippen LogP contribution in [0.2, 0.25) is 0 Å². The zero-order valence-electron chi connectivity index (χ0n) is 13.4. The topological polar surface area (TPSA) is 49.4 Å². The number of amides is 2. The number of benzene rings is 2. The van der Waals surface area contributed by atoms with E-state index in [0.717, 1.165) is 5.56 Å². The summed E-state index contributed by atoms with van der Waals surface area (Å²) < 4.78 is 25.6. The standard InChI is InChI=1S/C18H16F2N2O2S/c1-21-16(23)14-10-11-6-2-4-8-13(11)22(14)17(24)12-7-3-5-9-15(12)25-18(19)20/h2-9,14,18H,10H2,1H3,(H,21,23). The second-order valence-corrected chi connectivity index (χ2v) is 6.54. The average molecular weight is 362 g/mol. The van der Waals surface area contributed by atoms with E-state index in [1.54, 1.807) is 24.3 Å². The van der Waals surface area contributed by atoms with Crippen molar-refractivity contribution in [1.29, 1.82) is 0 Å². The molecular formula is C18H16F2N2O2S. The van der Waals surface area contributed by atoms with Gasteiger partial charge in [-0.2, -0.15) is 8.78 Å². The zero-order valence-corrected chi connectivity index (χ0v) is 14.2. The van der Waals surface area contributed by atoms with Gasteiger partial charge < -0.3 is 5.32 Å². The fraction of sp³-hybridized carbons (Fsp3) is 0.222. The van der Waals surface area contributed by atoms with E-state index in [9.17, 15) is 18.4 Å². The lowest BCUT2D eigenvalue weighted by Crippen LogP contribution is -2.47. The van der Waals surface area contributed by atoms with E-state index in [2.05, 4.69) is 5.32 Å². The molecule has 0 saturated carbocycles. The summed E-state index contributed by atoms with van der Waals surface area (Å²) in [5.74, 6) is -3.37. The number of rotatable bonds is 4. The van der Waals surface area contributed by atoms with Crippen molar-refractivity contribution in [2.45, 2.75) is 23.1 Å². The molecular weight excluding hydrogens is 346 g/mol. The molecule has 2 aromatic rings. The van der Waals surface area contributed by atoms with E-state index >= 15 is 0 Å². The predicted molar refractivity (Wildman–Crippen MR) is 93.1 cm³/mol. The number of nitrogens with one attached hydrogen (secondary N) is 1. The molecule has 25 heavy (non-hydrogen) atoms. The van der Waals surface area contributed by atoms with Crippen LogP contribution in [0.1, 0.15) is 15.9 Å². The van der Waals surface area contributed by atoms with Crippen LogP contribution in [0.15, 0.2) is 53.4 Å². The van der Waals surface area contributed by atoms with Crippen molar-refractivity contribution in [3.8, 4) is 0 Å². The number of hydrogen-bond donors (Lipinski definition) is 1. The van der Waals surface area contributed by atoms with E-state index in [0.29, 0.717) is 23.9 Å². The molecule has 0 aromatic heterocycles. The van der Waals surface area contributed by atoms with Crippen molar-refractivity contribution in [2.75, 3.05) is 11.9 Å². The number of thioether (sulfide) groups is 1. The van der Waals surface area contributed by atoms with Crippen molar-refractivity contribution in [1.82, 2.24) is 5.32 Å². The Hall–Kier alpha value is -2.41.